The zero-order valence-corrected chi connectivity index (χ0v) is 19.2. The maximum absolute atomic E-state index is 12.8. The summed E-state index contributed by atoms with van der Waals surface area (Å²) < 4.78 is 38.5. The minimum atomic E-state index is -3.91. The topological polar surface area (TPSA) is 122 Å². The molecule has 34 heavy (non-hydrogen) atoms. The van der Waals surface area contributed by atoms with E-state index in [1.54, 1.807) is 37.4 Å². The number of anilines is 2. The predicted octanol–water partition coefficient (Wildman–Crippen LogP) is 4.15. The number of aromatic amines is 1. The normalized spacial score (nSPS) is 11.0. The van der Waals surface area contributed by atoms with Crippen LogP contribution in [0.3, 0.4) is 0 Å². The van der Waals surface area contributed by atoms with Crippen LogP contribution < -0.4 is 19.5 Å². The number of benzene rings is 3. The highest BCUT2D eigenvalue weighted by Crippen LogP contribution is 2.29. The van der Waals surface area contributed by atoms with Gasteiger partial charge in [-0.2, -0.15) is 5.10 Å². The first-order chi connectivity index (χ1) is 16.4. The van der Waals surface area contributed by atoms with Gasteiger partial charge in [0.05, 0.1) is 24.8 Å². The maximum atomic E-state index is 12.8. The number of carbonyl (C=O) groups is 1. The third-order valence-electron chi connectivity index (χ3n) is 4.97. The Hall–Kier alpha value is -4.31. The third-order valence-corrected chi connectivity index (χ3v) is 6.34. The lowest BCUT2D eigenvalue weighted by Crippen LogP contribution is -2.16. The quantitative estimate of drug-likeness (QED) is 0.350. The van der Waals surface area contributed by atoms with E-state index in [1.807, 2.05) is 24.3 Å². The standard InChI is InChI=1S/C24H22N4O5S/c1-32-18-12-10-17(11-13-18)28-34(30,31)19-7-5-6-16(14-19)24(29)25-23-15-21(26-27-23)20-8-3-4-9-22(20)33-2/h3-15,28H,1-2H3,(H2,25,26,27,29). The summed E-state index contributed by atoms with van der Waals surface area (Å²) in [6.07, 6.45) is 0. The molecule has 0 bridgehead atoms. The van der Waals surface area contributed by atoms with Crippen LogP contribution in [0.25, 0.3) is 11.3 Å². The molecule has 3 N–H and O–H groups in total. The summed E-state index contributed by atoms with van der Waals surface area (Å²) >= 11 is 0. The molecule has 0 saturated carbocycles. The molecule has 0 spiro atoms. The summed E-state index contributed by atoms with van der Waals surface area (Å²) in [5.74, 6) is 1.05. The van der Waals surface area contributed by atoms with Crippen LogP contribution in [-0.4, -0.2) is 38.7 Å². The number of rotatable bonds is 8. The number of nitrogens with zero attached hydrogens (tertiary/aromatic N) is 1. The number of hydrogen-bond acceptors (Lipinski definition) is 6. The molecule has 0 saturated heterocycles. The van der Waals surface area contributed by atoms with Gasteiger partial charge in [-0.05, 0) is 54.6 Å². The molecule has 1 amide bonds. The van der Waals surface area contributed by atoms with Crippen LogP contribution in [0, 0.1) is 0 Å². The lowest BCUT2D eigenvalue weighted by molar-refractivity contribution is 0.102. The van der Waals surface area contributed by atoms with Crippen molar-refractivity contribution < 1.29 is 22.7 Å². The summed E-state index contributed by atoms with van der Waals surface area (Å²) in [5.41, 5.74) is 1.99. The van der Waals surface area contributed by atoms with Gasteiger partial charge in [-0.1, -0.05) is 18.2 Å². The molecule has 10 heteroatoms. The molecule has 0 fully saturated rings. The number of amides is 1. The van der Waals surface area contributed by atoms with Gasteiger partial charge in [-0.25, -0.2) is 8.42 Å². The highest BCUT2D eigenvalue weighted by molar-refractivity contribution is 7.92. The molecule has 1 heterocycles. The molecule has 0 aliphatic heterocycles. The van der Waals surface area contributed by atoms with Crippen molar-refractivity contribution in [3.8, 4) is 22.8 Å². The smallest absolute Gasteiger partial charge is 0.261 e. The summed E-state index contributed by atoms with van der Waals surface area (Å²) in [4.78, 5) is 12.7. The number of carbonyl (C=O) groups excluding carboxylic acids is 1. The summed E-state index contributed by atoms with van der Waals surface area (Å²) in [6, 6.07) is 21.3. The molecule has 0 aliphatic carbocycles. The Morgan fingerprint density at radius 3 is 2.41 bits per heavy atom. The molecule has 0 aliphatic rings. The Labute approximate surface area is 196 Å². The van der Waals surface area contributed by atoms with Crippen LogP contribution >= 0.6 is 0 Å². The number of nitrogens with one attached hydrogen (secondary N) is 3. The van der Waals surface area contributed by atoms with Crippen LogP contribution in [0.4, 0.5) is 11.5 Å². The van der Waals surface area contributed by atoms with Gasteiger partial charge in [-0.3, -0.25) is 14.6 Å². The zero-order chi connectivity index (χ0) is 24.1. The molecule has 0 radical (unpaired) electrons. The van der Waals surface area contributed by atoms with Crippen molar-refractivity contribution in [1.29, 1.82) is 0 Å². The fourth-order valence-corrected chi connectivity index (χ4v) is 4.36. The Kier molecular flexibility index (Phi) is 6.51. The molecule has 174 valence electrons. The van der Waals surface area contributed by atoms with Crippen molar-refractivity contribution in [3.05, 3.63) is 84.4 Å². The number of hydrogen-bond donors (Lipinski definition) is 3. The zero-order valence-electron chi connectivity index (χ0n) is 18.4. The maximum Gasteiger partial charge on any atom is 0.261 e. The second kappa shape index (κ2) is 9.67. The van der Waals surface area contributed by atoms with E-state index in [4.69, 9.17) is 9.47 Å². The van der Waals surface area contributed by atoms with E-state index in [-0.39, 0.29) is 16.3 Å². The van der Waals surface area contributed by atoms with E-state index < -0.39 is 15.9 Å². The number of ether oxygens (including phenoxy) is 2. The molecule has 9 nitrogen and oxygen atoms in total. The number of sulfonamides is 1. The van der Waals surface area contributed by atoms with Crippen LogP contribution in [0.15, 0.2) is 83.8 Å². The number of para-hydroxylation sites is 1. The monoisotopic (exact) mass is 478 g/mol. The number of aromatic nitrogens is 2. The highest BCUT2D eigenvalue weighted by Gasteiger charge is 2.18. The average molecular weight is 479 g/mol. The SMILES string of the molecule is COc1ccc(NS(=O)(=O)c2cccc(C(=O)Nc3cc(-c4ccccc4OC)[nH]n3)c2)cc1. The Balaban J connectivity index is 1.50. The van der Waals surface area contributed by atoms with E-state index >= 15 is 0 Å². The van der Waals surface area contributed by atoms with Gasteiger partial charge in [0.2, 0.25) is 0 Å². The van der Waals surface area contributed by atoms with Crippen LogP contribution in [-0.2, 0) is 10.0 Å². The molecular formula is C24H22N4O5S. The minimum absolute atomic E-state index is 0.0484. The molecule has 1 aromatic heterocycles. The highest BCUT2D eigenvalue weighted by atomic mass is 32.2. The van der Waals surface area contributed by atoms with E-state index in [0.717, 1.165) is 5.56 Å². The van der Waals surface area contributed by atoms with Gasteiger partial charge < -0.3 is 14.8 Å². The second-order valence-electron chi connectivity index (χ2n) is 7.18. The fourth-order valence-electron chi connectivity index (χ4n) is 3.26. The summed E-state index contributed by atoms with van der Waals surface area (Å²) in [6.45, 7) is 0. The van der Waals surface area contributed by atoms with E-state index in [2.05, 4.69) is 20.2 Å². The Morgan fingerprint density at radius 2 is 1.68 bits per heavy atom. The number of H-pyrrole nitrogens is 1. The van der Waals surface area contributed by atoms with Crippen molar-refractivity contribution >= 4 is 27.4 Å². The van der Waals surface area contributed by atoms with E-state index in [1.165, 1.54) is 31.4 Å². The first-order valence-electron chi connectivity index (χ1n) is 10.2. The average Bonchev–Trinajstić information content (AvgIpc) is 3.32. The van der Waals surface area contributed by atoms with Gasteiger partial charge in [-0.15, -0.1) is 0 Å². The van der Waals surface area contributed by atoms with Gasteiger partial charge in [0.15, 0.2) is 5.82 Å². The van der Waals surface area contributed by atoms with Crippen molar-refractivity contribution in [3.63, 3.8) is 0 Å². The van der Waals surface area contributed by atoms with Crippen molar-refractivity contribution in [2.75, 3.05) is 24.3 Å². The van der Waals surface area contributed by atoms with Gasteiger partial charge in [0.25, 0.3) is 15.9 Å². The molecule has 4 rings (SSSR count). The molecular weight excluding hydrogens is 456 g/mol. The molecule has 0 unspecified atom stereocenters. The van der Waals surface area contributed by atoms with Crippen LogP contribution in [0.1, 0.15) is 10.4 Å². The summed E-state index contributed by atoms with van der Waals surface area (Å²) in [5, 5.41) is 9.66. The van der Waals surface area contributed by atoms with E-state index in [0.29, 0.717) is 22.9 Å². The first-order valence-corrected chi connectivity index (χ1v) is 11.6. The van der Waals surface area contributed by atoms with Crippen LogP contribution in [0.2, 0.25) is 0 Å². The third kappa shape index (κ3) is 5.02. The minimum Gasteiger partial charge on any atom is -0.497 e. The van der Waals surface area contributed by atoms with Crippen molar-refractivity contribution in [2.24, 2.45) is 0 Å². The predicted molar refractivity (Wildman–Crippen MR) is 129 cm³/mol. The lowest BCUT2D eigenvalue weighted by atomic mass is 10.1. The Bertz CT molecular complexity index is 1420. The van der Waals surface area contributed by atoms with Crippen molar-refractivity contribution in [1.82, 2.24) is 10.2 Å². The Morgan fingerprint density at radius 1 is 0.912 bits per heavy atom. The van der Waals surface area contributed by atoms with Gasteiger partial charge >= 0.3 is 0 Å². The fraction of sp³-hybridized carbons (Fsp3) is 0.0833. The van der Waals surface area contributed by atoms with Crippen molar-refractivity contribution in [2.45, 2.75) is 4.90 Å². The first kappa shape index (κ1) is 22.9. The summed E-state index contributed by atoms with van der Waals surface area (Å²) in [7, 11) is -0.810. The molecule has 0 atom stereocenters. The van der Waals surface area contributed by atoms with E-state index in [9.17, 15) is 13.2 Å². The second-order valence-corrected chi connectivity index (χ2v) is 8.87. The lowest BCUT2D eigenvalue weighted by Gasteiger charge is -2.10. The van der Waals surface area contributed by atoms with Crippen LogP contribution in [0.5, 0.6) is 11.5 Å². The molecule has 4 aromatic rings. The molecule has 3 aromatic carbocycles. The largest absolute Gasteiger partial charge is 0.497 e. The van der Waals surface area contributed by atoms with Gasteiger partial charge in [0, 0.05) is 22.9 Å². The van der Waals surface area contributed by atoms with Gasteiger partial charge in [0.1, 0.15) is 11.5 Å². The number of methoxy groups -OCH3 is 2.